The number of esters is 1. The Bertz CT molecular complexity index is 594. The highest BCUT2D eigenvalue weighted by Gasteiger charge is 2.52. The van der Waals surface area contributed by atoms with Crippen LogP contribution in [-0.2, 0) is 20.9 Å². The third kappa shape index (κ3) is 2.45. The summed E-state index contributed by atoms with van der Waals surface area (Å²) in [7, 11) is 0. The predicted molar refractivity (Wildman–Crippen MR) is 74.7 cm³/mol. The van der Waals surface area contributed by atoms with Crippen molar-refractivity contribution in [1.82, 2.24) is 4.90 Å². The minimum atomic E-state index is -0.688. The molecule has 1 fully saturated rings. The fraction of sp³-hybridized carbons (Fsp3) is 0.375. The Hall–Kier alpha value is -2.14. The van der Waals surface area contributed by atoms with Crippen LogP contribution in [0.1, 0.15) is 18.9 Å². The van der Waals surface area contributed by atoms with Crippen LogP contribution in [0.3, 0.4) is 0 Å². The molecule has 0 aliphatic carbocycles. The van der Waals surface area contributed by atoms with Gasteiger partial charge in [-0.2, -0.15) is 0 Å². The van der Waals surface area contributed by atoms with E-state index in [1.807, 2.05) is 30.3 Å². The van der Waals surface area contributed by atoms with E-state index in [2.05, 4.69) is 0 Å². The lowest BCUT2D eigenvalue weighted by Gasteiger charge is -2.43. The quantitative estimate of drug-likeness (QED) is 0.668. The van der Waals surface area contributed by atoms with E-state index in [1.165, 1.54) is 4.90 Å². The van der Waals surface area contributed by atoms with Crippen LogP contribution in [0.2, 0.25) is 0 Å². The van der Waals surface area contributed by atoms with Crippen molar-refractivity contribution in [1.29, 1.82) is 0 Å². The summed E-state index contributed by atoms with van der Waals surface area (Å²) in [4.78, 5) is 25.4. The third-order valence-corrected chi connectivity index (χ3v) is 4.03. The number of rotatable bonds is 4. The summed E-state index contributed by atoms with van der Waals surface area (Å²) < 4.78 is 5.26. The first-order chi connectivity index (χ1) is 10.1. The average Bonchev–Trinajstić information content (AvgIpc) is 2.85. The topological polar surface area (TPSA) is 66.8 Å². The van der Waals surface area contributed by atoms with Gasteiger partial charge in [0.2, 0.25) is 5.91 Å². The Kier molecular flexibility index (Phi) is 3.51. The van der Waals surface area contributed by atoms with Gasteiger partial charge in [-0.25, -0.2) is 4.79 Å². The van der Waals surface area contributed by atoms with Crippen molar-refractivity contribution in [2.75, 3.05) is 0 Å². The SMILES string of the molecule is CC(O)[C@@H]1C(=O)N2C=C(C(=O)OCc3ccccc3)C[C@H]12. The van der Waals surface area contributed by atoms with Gasteiger partial charge in [0.15, 0.2) is 0 Å². The van der Waals surface area contributed by atoms with Gasteiger partial charge in [-0.1, -0.05) is 30.3 Å². The number of fused-ring (bicyclic) bond motifs is 1. The lowest BCUT2D eigenvalue weighted by molar-refractivity contribution is -0.156. The van der Waals surface area contributed by atoms with E-state index in [4.69, 9.17) is 4.74 Å². The molecular formula is C16H17NO4. The standard InChI is InChI=1S/C16H17NO4/c1-10(18)14-13-7-12(8-17(13)15(14)19)16(20)21-9-11-5-3-2-4-6-11/h2-6,8,10,13-14,18H,7,9H2,1H3/t10?,13-,14+/m1/s1. The van der Waals surface area contributed by atoms with Crippen molar-refractivity contribution in [3.05, 3.63) is 47.7 Å². The second-order valence-corrected chi connectivity index (χ2v) is 5.50. The van der Waals surface area contributed by atoms with Crippen LogP contribution in [-0.4, -0.2) is 34.0 Å². The molecular weight excluding hydrogens is 270 g/mol. The Morgan fingerprint density at radius 1 is 1.43 bits per heavy atom. The lowest BCUT2D eigenvalue weighted by atomic mass is 9.83. The van der Waals surface area contributed by atoms with Gasteiger partial charge in [0.25, 0.3) is 0 Å². The Morgan fingerprint density at radius 2 is 2.14 bits per heavy atom. The number of amides is 1. The number of carbonyl (C=O) groups is 2. The van der Waals surface area contributed by atoms with Crippen molar-refractivity contribution < 1.29 is 19.4 Å². The minimum absolute atomic E-state index is 0.100. The first-order valence-corrected chi connectivity index (χ1v) is 7.00. The Labute approximate surface area is 122 Å². The van der Waals surface area contributed by atoms with Gasteiger partial charge in [0, 0.05) is 12.6 Å². The van der Waals surface area contributed by atoms with E-state index in [1.54, 1.807) is 13.1 Å². The second-order valence-electron chi connectivity index (χ2n) is 5.50. The summed E-state index contributed by atoms with van der Waals surface area (Å²) in [6, 6.07) is 9.34. The number of nitrogens with zero attached hydrogens (tertiary/aromatic N) is 1. The number of hydrogen-bond donors (Lipinski definition) is 1. The van der Waals surface area contributed by atoms with Gasteiger partial charge in [-0.15, -0.1) is 0 Å². The molecule has 2 aliphatic rings. The van der Waals surface area contributed by atoms with E-state index in [-0.39, 0.29) is 18.6 Å². The summed E-state index contributed by atoms with van der Waals surface area (Å²) in [5.74, 6) is -0.924. The summed E-state index contributed by atoms with van der Waals surface area (Å²) in [5.41, 5.74) is 1.41. The first kappa shape index (κ1) is 13.8. The van der Waals surface area contributed by atoms with Crippen LogP contribution in [0, 0.1) is 5.92 Å². The van der Waals surface area contributed by atoms with Crippen LogP contribution in [0.25, 0.3) is 0 Å². The molecule has 1 unspecified atom stereocenters. The maximum atomic E-state index is 12.0. The molecule has 1 aromatic carbocycles. The largest absolute Gasteiger partial charge is 0.457 e. The van der Waals surface area contributed by atoms with Crippen molar-refractivity contribution in [2.45, 2.75) is 32.1 Å². The molecule has 0 bridgehead atoms. The molecule has 1 saturated heterocycles. The highest BCUT2D eigenvalue weighted by Crippen LogP contribution is 2.39. The molecule has 3 atom stereocenters. The lowest BCUT2D eigenvalue weighted by Crippen LogP contribution is -2.59. The molecule has 5 heteroatoms. The van der Waals surface area contributed by atoms with Crippen LogP contribution in [0.15, 0.2) is 42.1 Å². The summed E-state index contributed by atoms with van der Waals surface area (Å²) in [6.07, 6.45) is 1.32. The fourth-order valence-corrected chi connectivity index (χ4v) is 2.90. The molecule has 1 amide bonds. The van der Waals surface area contributed by atoms with Gasteiger partial charge >= 0.3 is 5.97 Å². The minimum Gasteiger partial charge on any atom is -0.457 e. The van der Waals surface area contributed by atoms with E-state index in [0.29, 0.717) is 12.0 Å². The Morgan fingerprint density at radius 3 is 2.81 bits per heavy atom. The molecule has 0 aromatic heterocycles. The van der Waals surface area contributed by atoms with Gasteiger partial charge < -0.3 is 14.7 Å². The number of aliphatic hydroxyl groups is 1. The summed E-state index contributed by atoms with van der Waals surface area (Å²) >= 11 is 0. The molecule has 1 N–H and O–H groups in total. The average molecular weight is 287 g/mol. The van der Waals surface area contributed by atoms with Crippen molar-refractivity contribution >= 4 is 11.9 Å². The molecule has 3 rings (SSSR count). The zero-order chi connectivity index (χ0) is 15.0. The molecule has 0 saturated carbocycles. The van der Waals surface area contributed by atoms with Crippen LogP contribution in [0.5, 0.6) is 0 Å². The van der Waals surface area contributed by atoms with E-state index >= 15 is 0 Å². The summed E-state index contributed by atoms with van der Waals surface area (Å²) in [5, 5.41) is 9.58. The molecule has 0 spiro atoms. The molecule has 0 radical (unpaired) electrons. The molecule has 110 valence electrons. The van der Waals surface area contributed by atoms with Crippen LogP contribution in [0.4, 0.5) is 0 Å². The number of hydrogen-bond acceptors (Lipinski definition) is 4. The summed E-state index contributed by atoms with van der Waals surface area (Å²) in [6.45, 7) is 1.82. The second kappa shape index (κ2) is 5.33. The number of β-lactam (4-membered cyclic amide) rings is 1. The van der Waals surface area contributed by atoms with Crippen molar-refractivity contribution in [2.24, 2.45) is 5.92 Å². The number of carbonyl (C=O) groups excluding carboxylic acids is 2. The zero-order valence-corrected chi connectivity index (χ0v) is 11.7. The van der Waals surface area contributed by atoms with E-state index in [0.717, 1.165) is 5.56 Å². The highest BCUT2D eigenvalue weighted by molar-refractivity contribution is 5.95. The predicted octanol–water partition coefficient (Wildman–Crippen LogP) is 1.23. The van der Waals surface area contributed by atoms with Gasteiger partial charge in [-0.05, 0) is 12.5 Å². The zero-order valence-electron chi connectivity index (χ0n) is 11.7. The maximum Gasteiger partial charge on any atom is 0.335 e. The highest BCUT2D eigenvalue weighted by atomic mass is 16.5. The monoisotopic (exact) mass is 287 g/mol. The van der Waals surface area contributed by atoms with E-state index < -0.39 is 18.0 Å². The molecule has 2 heterocycles. The van der Waals surface area contributed by atoms with Gasteiger partial charge in [0.05, 0.1) is 23.6 Å². The molecule has 21 heavy (non-hydrogen) atoms. The van der Waals surface area contributed by atoms with Crippen LogP contribution < -0.4 is 0 Å². The molecule has 2 aliphatic heterocycles. The van der Waals surface area contributed by atoms with Gasteiger partial charge in [0.1, 0.15) is 6.61 Å². The Balaban J connectivity index is 1.59. The normalized spacial score (nSPS) is 25.0. The van der Waals surface area contributed by atoms with Crippen molar-refractivity contribution in [3.63, 3.8) is 0 Å². The number of ether oxygens (including phenoxy) is 1. The smallest absolute Gasteiger partial charge is 0.335 e. The molecule has 5 nitrogen and oxygen atoms in total. The van der Waals surface area contributed by atoms with Crippen molar-refractivity contribution in [3.8, 4) is 0 Å². The van der Waals surface area contributed by atoms with E-state index in [9.17, 15) is 14.7 Å². The maximum absolute atomic E-state index is 12.0. The number of benzene rings is 1. The molecule has 1 aromatic rings. The third-order valence-electron chi connectivity index (χ3n) is 4.03. The number of aliphatic hydroxyl groups excluding tert-OH is 1. The van der Waals surface area contributed by atoms with Gasteiger partial charge in [-0.3, -0.25) is 4.79 Å². The van der Waals surface area contributed by atoms with Crippen LogP contribution >= 0.6 is 0 Å². The first-order valence-electron chi connectivity index (χ1n) is 7.00. The fourth-order valence-electron chi connectivity index (χ4n) is 2.90.